The molecule has 1 saturated heterocycles. The van der Waals surface area contributed by atoms with E-state index in [0.717, 1.165) is 18.8 Å². The van der Waals surface area contributed by atoms with Gasteiger partial charge in [-0.25, -0.2) is 4.98 Å². The van der Waals surface area contributed by atoms with Crippen LogP contribution in [-0.4, -0.2) is 18.1 Å². The van der Waals surface area contributed by atoms with Crippen molar-refractivity contribution in [1.82, 2.24) is 4.98 Å². The second-order valence-corrected chi connectivity index (χ2v) is 3.56. The number of nitrogens with zero attached hydrogens (tertiary/aromatic N) is 3. The summed E-state index contributed by atoms with van der Waals surface area (Å²) in [5.41, 5.74) is 1.64. The number of pyridine rings is 1. The van der Waals surface area contributed by atoms with E-state index in [2.05, 4.69) is 16.0 Å². The van der Waals surface area contributed by atoms with Crippen LogP contribution in [0.15, 0.2) is 18.3 Å². The molecule has 1 aliphatic rings. The van der Waals surface area contributed by atoms with Crippen LogP contribution in [0.25, 0.3) is 0 Å². The Bertz CT molecular complexity index is 348. The molecule has 0 saturated carbocycles. The first-order valence-corrected chi connectivity index (χ1v) is 5.01. The van der Waals surface area contributed by atoms with Crippen molar-refractivity contribution in [1.29, 1.82) is 5.26 Å². The molecule has 1 fully saturated rings. The van der Waals surface area contributed by atoms with Gasteiger partial charge in [0.15, 0.2) is 0 Å². The molecule has 0 atom stereocenters. The molecule has 0 unspecified atom stereocenters. The molecule has 0 aliphatic carbocycles. The molecule has 2 heterocycles. The third-order valence-corrected chi connectivity index (χ3v) is 2.58. The van der Waals surface area contributed by atoms with Gasteiger partial charge in [0.25, 0.3) is 0 Å². The van der Waals surface area contributed by atoms with E-state index in [1.54, 1.807) is 6.20 Å². The molecule has 0 aromatic carbocycles. The van der Waals surface area contributed by atoms with Crippen LogP contribution in [-0.2, 0) is 0 Å². The van der Waals surface area contributed by atoms with E-state index in [-0.39, 0.29) is 0 Å². The lowest BCUT2D eigenvalue weighted by atomic mass is 10.1. The maximum absolute atomic E-state index is 8.73. The van der Waals surface area contributed by atoms with Crippen LogP contribution >= 0.6 is 0 Å². The van der Waals surface area contributed by atoms with Crippen molar-refractivity contribution in [3.63, 3.8) is 0 Å². The third-order valence-electron chi connectivity index (χ3n) is 2.58. The molecule has 3 heteroatoms. The van der Waals surface area contributed by atoms with Crippen molar-refractivity contribution in [2.24, 2.45) is 0 Å². The average molecular weight is 187 g/mol. The van der Waals surface area contributed by atoms with Crippen LogP contribution in [0.5, 0.6) is 0 Å². The highest BCUT2D eigenvalue weighted by molar-refractivity contribution is 5.48. The van der Waals surface area contributed by atoms with Crippen molar-refractivity contribution < 1.29 is 0 Å². The van der Waals surface area contributed by atoms with Crippen molar-refractivity contribution in [2.45, 2.75) is 19.3 Å². The molecule has 14 heavy (non-hydrogen) atoms. The van der Waals surface area contributed by atoms with E-state index in [1.807, 2.05) is 12.1 Å². The topological polar surface area (TPSA) is 39.9 Å². The summed E-state index contributed by atoms with van der Waals surface area (Å²) in [5, 5.41) is 8.73. The fourth-order valence-corrected chi connectivity index (χ4v) is 1.83. The predicted octanol–water partition coefficient (Wildman–Crippen LogP) is 1.94. The van der Waals surface area contributed by atoms with Gasteiger partial charge in [0.1, 0.15) is 11.8 Å². The van der Waals surface area contributed by atoms with Crippen LogP contribution < -0.4 is 4.90 Å². The lowest BCUT2D eigenvalue weighted by Gasteiger charge is -2.28. The van der Waals surface area contributed by atoms with Gasteiger partial charge in [0.2, 0.25) is 0 Å². The largest absolute Gasteiger partial charge is 0.371 e. The van der Waals surface area contributed by atoms with Crippen LogP contribution in [0.3, 0.4) is 0 Å². The zero-order valence-electron chi connectivity index (χ0n) is 8.11. The second-order valence-electron chi connectivity index (χ2n) is 3.56. The molecule has 1 aliphatic heterocycles. The quantitative estimate of drug-likeness (QED) is 0.674. The Morgan fingerprint density at radius 2 is 2.07 bits per heavy atom. The molecule has 1 aromatic rings. The third kappa shape index (κ3) is 1.85. The number of hydrogen-bond acceptors (Lipinski definition) is 3. The molecule has 0 radical (unpaired) electrons. The minimum Gasteiger partial charge on any atom is -0.371 e. The van der Waals surface area contributed by atoms with Crippen LogP contribution in [0.2, 0.25) is 0 Å². The van der Waals surface area contributed by atoms with Gasteiger partial charge < -0.3 is 4.90 Å². The molecule has 2 rings (SSSR count). The zero-order chi connectivity index (χ0) is 9.80. The van der Waals surface area contributed by atoms with Crippen molar-refractivity contribution in [3.8, 4) is 6.07 Å². The SMILES string of the molecule is N#Cc1cc(N2CCCCC2)ccn1. The van der Waals surface area contributed by atoms with Gasteiger partial charge in [-0.05, 0) is 31.4 Å². The molecule has 0 bridgehead atoms. The summed E-state index contributed by atoms with van der Waals surface area (Å²) in [6.07, 6.45) is 5.55. The van der Waals surface area contributed by atoms with Gasteiger partial charge in [0.05, 0.1) is 0 Å². The first kappa shape index (κ1) is 9.01. The van der Waals surface area contributed by atoms with Gasteiger partial charge >= 0.3 is 0 Å². The van der Waals surface area contributed by atoms with E-state index in [0.29, 0.717) is 5.69 Å². The summed E-state index contributed by atoms with van der Waals surface area (Å²) in [5.74, 6) is 0. The fraction of sp³-hybridized carbons (Fsp3) is 0.455. The maximum Gasteiger partial charge on any atom is 0.142 e. The number of rotatable bonds is 1. The normalized spacial score (nSPS) is 16.4. The molecule has 0 spiro atoms. The zero-order valence-corrected chi connectivity index (χ0v) is 8.11. The van der Waals surface area contributed by atoms with E-state index in [1.165, 1.54) is 19.3 Å². The molecule has 0 N–H and O–H groups in total. The highest BCUT2D eigenvalue weighted by atomic mass is 15.1. The second kappa shape index (κ2) is 4.10. The number of hydrogen-bond donors (Lipinski definition) is 0. The predicted molar refractivity (Wildman–Crippen MR) is 55.0 cm³/mol. The van der Waals surface area contributed by atoms with Gasteiger partial charge in [-0.1, -0.05) is 0 Å². The Morgan fingerprint density at radius 3 is 2.79 bits per heavy atom. The number of piperidine rings is 1. The number of anilines is 1. The summed E-state index contributed by atoms with van der Waals surface area (Å²) < 4.78 is 0. The van der Waals surface area contributed by atoms with Gasteiger partial charge in [-0.2, -0.15) is 5.26 Å². The van der Waals surface area contributed by atoms with Crippen molar-refractivity contribution in [2.75, 3.05) is 18.0 Å². The Hall–Kier alpha value is -1.56. The Balaban J connectivity index is 2.18. The molecular formula is C11H13N3. The van der Waals surface area contributed by atoms with Crippen molar-refractivity contribution in [3.05, 3.63) is 24.0 Å². The first-order valence-electron chi connectivity index (χ1n) is 5.01. The van der Waals surface area contributed by atoms with Gasteiger partial charge in [-0.15, -0.1) is 0 Å². The first-order chi connectivity index (χ1) is 6.90. The summed E-state index contributed by atoms with van der Waals surface area (Å²) in [7, 11) is 0. The lowest BCUT2D eigenvalue weighted by molar-refractivity contribution is 0.577. The van der Waals surface area contributed by atoms with E-state index >= 15 is 0 Å². The van der Waals surface area contributed by atoms with Crippen molar-refractivity contribution >= 4 is 5.69 Å². The Kier molecular flexibility index (Phi) is 2.64. The van der Waals surface area contributed by atoms with E-state index < -0.39 is 0 Å². The lowest BCUT2D eigenvalue weighted by Crippen LogP contribution is -2.29. The highest BCUT2D eigenvalue weighted by Gasteiger charge is 2.10. The molecule has 72 valence electrons. The minimum absolute atomic E-state index is 0.507. The van der Waals surface area contributed by atoms with E-state index in [9.17, 15) is 0 Å². The summed E-state index contributed by atoms with van der Waals surface area (Å²) >= 11 is 0. The van der Waals surface area contributed by atoms with Gasteiger partial charge in [-0.3, -0.25) is 0 Å². The van der Waals surface area contributed by atoms with Gasteiger partial charge in [0, 0.05) is 25.0 Å². The average Bonchev–Trinajstić information content (AvgIpc) is 2.30. The molecule has 0 amide bonds. The molecule has 3 nitrogen and oxygen atoms in total. The molecule has 1 aromatic heterocycles. The summed E-state index contributed by atoms with van der Waals surface area (Å²) in [6, 6.07) is 5.91. The van der Waals surface area contributed by atoms with Crippen LogP contribution in [0, 0.1) is 11.3 Å². The minimum atomic E-state index is 0.507. The number of aromatic nitrogens is 1. The van der Waals surface area contributed by atoms with Crippen LogP contribution in [0.4, 0.5) is 5.69 Å². The summed E-state index contributed by atoms with van der Waals surface area (Å²) in [6.45, 7) is 2.21. The highest BCUT2D eigenvalue weighted by Crippen LogP contribution is 2.19. The monoisotopic (exact) mass is 187 g/mol. The standard InChI is InChI=1S/C11H13N3/c12-9-10-8-11(4-5-13-10)14-6-2-1-3-7-14/h4-5,8H,1-3,6-7H2. The summed E-state index contributed by atoms with van der Waals surface area (Å²) in [4.78, 5) is 6.29. The number of nitriles is 1. The smallest absolute Gasteiger partial charge is 0.142 e. The Labute approximate surface area is 84.0 Å². The maximum atomic E-state index is 8.73. The fourth-order valence-electron chi connectivity index (χ4n) is 1.83. The van der Waals surface area contributed by atoms with Crippen LogP contribution in [0.1, 0.15) is 25.0 Å². The molecular weight excluding hydrogens is 174 g/mol. The van der Waals surface area contributed by atoms with E-state index in [4.69, 9.17) is 5.26 Å². The Morgan fingerprint density at radius 1 is 1.29 bits per heavy atom.